The summed E-state index contributed by atoms with van der Waals surface area (Å²) in [7, 11) is 0. The minimum absolute atomic E-state index is 0. The number of benzene rings is 1. The quantitative estimate of drug-likeness (QED) is 0.209. The van der Waals surface area contributed by atoms with Crippen molar-refractivity contribution in [2.24, 2.45) is 10.9 Å². The zero-order valence-corrected chi connectivity index (χ0v) is 20.1. The molecule has 2 atom stereocenters. The number of nitrogens with one attached hydrogen (secondary N) is 2. The molecule has 2 rings (SSSR count). The Kier molecular flexibility index (Phi) is 12.0. The van der Waals surface area contributed by atoms with Crippen molar-refractivity contribution in [3.05, 3.63) is 35.9 Å². The van der Waals surface area contributed by atoms with E-state index in [9.17, 15) is 5.11 Å². The number of piperidine rings is 1. The fourth-order valence-electron chi connectivity index (χ4n) is 3.62. The van der Waals surface area contributed by atoms with Crippen molar-refractivity contribution in [3.8, 4) is 0 Å². The number of guanidine groups is 1. The van der Waals surface area contributed by atoms with Crippen LogP contribution >= 0.6 is 24.0 Å². The van der Waals surface area contributed by atoms with Crippen molar-refractivity contribution in [2.75, 3.05) is 39.3 Å². The number of aliphatic hydroxyl groups is 1. The smallest absolute Gasteiger partial charge is 0.191 e. The zero-order valence-electron chi connectivity index (χ0n) is 17.8. The zero-order chi connectivity index (χ0) is 19.5. The molecule has 3 N–H and O–H groups in total. The third-order valence-corrected chi connectivity index (χ3v) is 5.22. The van der Waals surface area contributed by atoms with Crippen molar-refractivity contribution in [3.63, 3.8) is 0 Å². The number of halogens is 1. The fourth-order valence-corrected chi connectivity index (χ4v) is 3.62. The molecule has 5 nitrogen and oxygen atoms in total. The number of unbranched alkanes of at least 4 members (excludes halogenated alkanes) is 1. The van der Waals surface area contributed by atoms with Gasteiger partial charge in [-0.2, -0.15) is 0 Å². The highest BCUT2D eigenvalue weighted by molar-refractivity contribution is 14.0. The average Bonchev–Trinajstić information content (AvgIpc) is 2.66. The Bertz CT molecular complexity index is 565. The van der Waals surface area contributed by atoms with Crippen LogP contribution in [0.1, 0.15) is 52.0 Å². The van der Waals surface area contributed by atoms with Crippen LogP contribution in [-0.2, 0) is 5.60 Å². The highest BCUT2D eigenvalue weighted by Crippen LogP contribution is 2.20. The van der Waals surface area contributed by atoms with E-state index in [2.05, 4.69) is 34.4 Å². The van der Waals surface area contributed by atoms with E-state index in [-0.39, 0.29) is 24.0 Å². The molecule has 1 aliphatic rings. The summed E-state index contributed by atoms with van der Waals surface area (Å²) in [6.45, 7) is 12.0. The Morgan fingerprint density at radius 3 is 2.68 bits per heavy atom. The number of hydrogen-bond acceptors (Lipinski definition) is 3. The molecule has 1 aromatic carbocycles. The lowest BCUT2D eigenvalue weighted by atomic mass is 9.96. The summed E-state index contributed by atoms with van der Waals surface area (Å²) in [5.74, 6) is 1.63. The highest BCUT2D eigenvalue weighted by Gasteiger charge is 2.22. The molecule has 28 heavy (non-hydrogen) atoms. The SMILES string of the molecule is CCNC(=NCC(C)(O)c1ccccc1)NCCCCN1CCCC(C)C1.I. The summed E-state index contributed by atoms with van der Waals surface area (Å²) in [5.41, 5.74) is -0.0745. The Balaban J connectivity index is 0.00000392. The first kappa shape index (κ1) is 25.2. The number of likely N-dealkylation sites (tertiary alicyclic amines) is 1. The molecule has 0 spiro atoms. The number of nitrogens with zero attached hydrogens (tertiary/aromatic N) is 2. The van der Waals surface area contributed by atoms with Crippen molar-refractivity contribution >= 4 is 29.9 Å². The standard InChI is InChI=1S/C22H38N4O.HI/c1-4-23-21(25-18-22(3,27)20-12-6-5-7-13-20)24-14-8-9-15-26-16-10-11-19(2)17-26;/h5-7,12-13,19,27H,4,8-11,14-18H2,1-3H3,(H2,23,24,25);1H. The minimum Gasteiger partial charge on any atom is -0.384 e. The molecule has 1 aliphatic heterocycles. The molecule has 1 saturated heterocycles. The molecule has 0 bridgehead atoms. The lowest BCUT2D eigenvalue weighted by Gasteiger charge is -2.30. The maximum atomic E-state index is 10.7. The van der Waals surface area contributed by atoms with E-state index in [4.69, 9.17) is 0 Å². The van der Waals surface area contributed by atoms with Gasteiger partial charge in [0.25, 0.3) is 0 Å². The molecule has 0 aliphatic carbocycles. The molecular weight excluding hydrogens is 463 g/mol. The van der Waals surface area contributed by atoms with Crippen molar-refractivity contribution in [1.29, 1.82) is 0 Å². The molecule has 160 valence electrons. The largest absolute Gasteiger partial charge is 0.384 e. The minimum atomic E-state index is -0.964. The predicted octanol–water partition coefficient (Wildman–Crippen LogP) is 3.58. The first-order valence-corrected chi connectivity index (χ1v) is 10.5. The molecule has 6 heteroatoms. The molecular formula is C22H39IN4O. The van der Waals surface area contributed by atoms with Gasteiger partial charge in [-0.25, -0.2) is 4.99 Å². The summed E-state index contributed by atoms with van der Waals surface area (Å²) in [6.07, 6.45) is 5.07. The van der Waals surface area contributed by atoms with E-state index in [1.165, 1.54) is 38.9 Å². The average molecular weight is 502 g/mol. The molecule has 0 amide bonds. The fraction of sp³-hybridized carbons (Fsp3) is 0.682. The van der Waals surface area contributed by atoms with Gasteiger partial charge in [-0.15, -0.1) is 24.0 Å². The number of rotatable bonds is 9. The van der Waals surface area contributed by atoms with Crippen LogP contribution in [0.15, 0.2) is 35.3 Å². The van der Waals surface area contributed by atoms with E-state index in [1.54, 1.807) is 0 Å². The molecule has 1 aromatic rings. The van der Waals surface area contributed by atoms with Gasteiger partial charge in [0, 0.05) is 19.6 Å². The topological polar surface area (TPSA) is 59.9 Å². The van der Waals surface area contributed by atoms with Gasteiger partial charge < -0.3 is 20.6 Å². The maximum absolute atomic E-state index is 10.7. The van der Waals surface area contributed by atoms with Crippen LogP contribution in [0.2, 0.25) is 0 Å². The molecule has 0 radical (unpaired) electrons. The maximum Gasteiger partial charge on any atom is 0.191 e. The Hall–Kier alpha value is -0.860. The van der Waals surface area contributed by atoms with Crippen molar-refractivity contribution in [1.82, 2.24) is 15.5 Å². The monoisotopic (exact) mass is 502 g/mol. The van der Waals surface area contributed by atoms with Crippen LogP contribution in [0.5, 0.6) is 0 Å². The molecule has 1 heterocycles. The van der Waals surface area contributed by atoms with Crippen LogP contribution in [-0.4, -0.2) is 55.2 Å². The summed E-state index contributed by atoms with van der Waals surface area (Å²) in [5, 5.41) is 17.4. The van der Waals surface area contributed by atoms with Gasteiger partial charge >= 0.3 is 0 Å². The van der Waals surface area contributed by atoms with Gasteiger partial charge in [0.2, 0.25) is 0 Å². The predicted molar refractivity (Wildman–Crippen MR) is 129 cm³/mol. The van der Waals surface area contributed by atoms with Crippen LogP contribution in [0, 0.1) is 5.92 Å². The second kappa shape index (κ2) is 13.4. The van der Waals surface area contributed by atoms with Crippen molar-refractivity contribution in [2.45, 2.75) is 52.1 Å². The molecule has 2 unspecified atom stereocenters. The summed E-state index contributed by atoms with van der Waals surface area (Å²) < 4.78 is 0. The summed E-state index contributed by atoms with van der Waals surface area (Å²) in [4.78, 5) is 7.19. The van der Waals surface area contributed by atoms with Gasteiger partial charge in [0.05, 0.1) is 6.54 Å². The third kappa shape index (κ3) is 9.09. The van der Waals surface area contributed by atoms with Gasteiger partial charge in [-0.1, -0.05) is 37.3 Å². The van der Waals surface area contributed by atoms with Crippen LogP contribution in [0.3, 0.4) is 0 Å². The normalized spacial score (nSPS) is 20.1. The van der Waals surface area contributed by atoms with Gasteiger partial charge in [-0.3, -0.25) is 0 Å². The summed E-state index contributed by atoms with van der Waals surface area (Å²) >= 11 is 0. The van der Waals surface area contributed by atoms with E-state index < -0.39 is 5.60 Å². The van der Waals surface area contributed by atoms with Gasteiger partial charge in [-0.05, 0) is 64.1 Å². The molecule has 0 aromatic heterocycles. The van der Waals surface area contributed by atoms with Crippen LogP contribution < -0.4 is 10.6 Å². The second-order valence-corrected chi connectivity index (χ2v) is 8.02. The molecule has 0 saturated carbocycles. The summed E-state index contributed by atoms with van der Waals surface area (Å²) in [6, 6.07) is 9.73. The Labute approximate surface area is 188 Å². The van der Waals surface area contributed by atoms with E-state index in [0.717, 1.165) is 37.0 Å². The van der Waals surface area contributed by atoms with Crippen molar-refractivity contribution < 1.29 is 5.11 Å². The number of aliphatic imine (C=N–C) groups is 1. The third-order valence-electron chi connectivity index (χ3n) is 5.22. The Morgan fingerprint density at radius 2 is 2.00 bits per heavy atom. The van der Waals surface area contributed by atoms with E-state index >= 15 is 0 Å². The van der Waals surface area contributed by atoms with E-state index in [0.29, 0.717) is 6.54 Å². The van der Waals surface area contributed by atoms with Gasteiger partial charge in [0.15, 0.2) is 5.96 Å². The highest BCUT2D eigenvalue weighted by atomic mass is 127. The second-order valence-electron chi connectivity index (χ2n) is 8.02. The Morgan fingerprint density at radius 1 is 1.25 bits per heavy atom. The van der Waals surface area contributed by atoms with Crippen LogP contribution in [0.25, 0.3) is 0 Å². The first-order valence-electron chi connectivity index (χ1n) is 10.5. The lowest BCUT2D eigenvalue weighted by molar-refractivity contribution is 0.0672. The lowest BCUT2D eigenvalue weighted by Crippen LogP contribution is -2.39. The number of hydrogen-bond donors (Lipinski definition) is 3. The van der Waals surface area contributed by atoms with E-state index in [1.807, 2.05) is 37.3 Å². The van der Waals surface area contributed by atoms with Gasteiger partial charge in [0.1, 0.15) is 5.60 Å². The van der Waals surface area contributed by atoms with Crippen LogP contribution in [0.4, 0.5) is 0 Å². The molecule has 1 fully saturated rings. The first-order chi connectivity index (χ1) is 13.0.